The molecule has 2 aliphatic heterocycles. The number of rotatable bonds is 18. The Morgan fingerprint density at radius 1 is 1.15 bits per heavy atom. The first-order chi connectivity index (χ1) is 18.8. The van der Waals surface area contributed by atoms with Crippen LogP contribution < -0.4 is 16.4 Å². The van der Waals surface area contributed by atoms with Crippen LogP contribution in [-0.2, 0) is 9.47 Å². The molecule has 0 radical (unpaired) electrons. The number of thiocarbonyl (C=S) groups is 1. The van der Waals surface area contributed by atoms with Gasteiger partial charge >= 0.3 is 12.0 Å². The maximum Gasteiger partial charge on any atom is 0.325 e. The number of aliphatic hydroxyl groups excluding tert-OH is 1. The average molecular weight is 573 g/mol. The first-order valence-electron chi connectivity index (χ1n) is 14.2. The van der Waals surface area contributed by atoms with Crippen LogP contribution in [-0.4, -0.2) is 64.9 Å². The van der Waals surface area contributed by atoms with Gasteiger partial charge in [0.2, 0.25) is 6.23 Å². The van der Waals surface area contributed by atoms with E-state index in [1.807, 2.05) is 0 Å². The Morgan fingerprint density at radius 2 is 1.79 bits per heavy atom. The van der Waals surface area contributed by atoms with Crippen molar-refractivity contribution in [2.45, 2.75) is 114 Å². The van der Waals surface area contributed by atoms with Gasteiger partial charge in [0.15, 0.2) is 6.10 Å². The molecule has 0 aromatic heterocycles. The summed E-state index contributed by atoms with van der Waals surface area (Å²) in [6.45, 7) is 2.46. The smallest absolute Gasteiger partial charge is 0.325 e. The lowest BCUT2D eigenvalue weighted by molar-refractivity contribution is -0.145. The van der Waals surface area contributed by atoms with Crippen molar-refractivity contribution in [3.63, 3.8) is 0 Å². The lowest BCUT2D eigenvalue weighted by Gasteiger charge is -2.32. The molecule has 1 unspecified atom stereocenters. The van der Waals surface area contributed by atoms with Crippen LogP contribution in [0, 0.1) is 0 Å². The number of halogens is 2. The number of carbonyl (C=O) groups is 1. The van der Waals surface area contributed by atoms with Gasteiger partial charge in [0.1, 0.15) is 12.7 Å². The van der Waals surface area contributed by atoms with Crippen molar-refractivity contribution in [1.29, 1.82) is 0 Å². The summed E-state index contributed by atoms with van der Waals surface area (Å²) in [4.78, 5) is 12.7. The molecule has 11 heteroatoms. The standard InChI is InChI=1S/C28H46F2N4O4S/c1-2-3-4-5-6-7-8-9-10-11-12-13-14-15-16-17-19-32-27(39)37-21-22-24(35)28(29,30)25(38-22)34-20-18-23(31)33-26(34)36/h6-7,9-10,18,20,22-25,35H,2-5,8,11-17,19,21,31H2,1H3,(H,32,39)(H,33,36)/t22-,23?,24-,25-/m1/s1. The second-order valence-corrected chi connectivity index (χ2v) is 10.4. The van der Waals surface area contributed by atoms with Crippen LogP contribution in [0.5, 0.6) is 0 Å². The van der Waals surface area contributed by atoms with E-state index in [2.05, 4.69) is 41.9 Å². The molecular weight excluding hydrogens is 526 g/mol. The quantitative estimate of drug-likeness (QED) is 0.101. The monoisotopic (exact) mass is 572 g/mol. The molecule has 0 spiro atoms. The third-order valence-electron chi connectivity index (χ3n) is 6.64. The minimum atomic E-state index is -3.70. The fraction of sp³-hybridized carbons (Fsp3) is 0.714. The summed E-state index contributed by atoms with van der Waals surface area (Å²) in [6, 6.07) is -0.839. The predicted octanol–water partition coefficient (Wildman–Crippen LogP) is 5.24. The van der Waals surface area contributed by atoms with E-state index in [9.17, 15) is 18.7 Å². The van der Waals surface area contributed by atoms with E-state index in [1.165, 1.54) is 51.0 Å². The number of ether oxygens (including phenoxy) is 2. The van der Waals surface area contributed by atoms with Crippen LogP contribution in [0.1, 0.15) is 84.0 Å². The zero-order chi connectivity index (χ0) is 28.5. The van der Waals surface area contributed by atoms with Crippen molar-refractivity contribution < 1.29 is 28.2 Å². The van der Waals surface area contributed by atoms with Crippen molar-refractivity contribution >= 4 is 23.4 Å². The van der Waals surface area contributed by atoms with E-state index in [1.54, 1.807) is 0 Å². The van der Waals surface area contributed by atoms with Gasteiger partial charge in [0, 0.05) is 12.7 Å². The molecule has 0 bridgehead atoms. The highest BCUT2D eigenvalue weighted by atomic mass is 32.1. The summed E-state index contributed by atoms with van der Waals surface area (Å²) in [6.07, 6.45) is 19.2. The van der Waals surface area contributed by atoms with E-state index >= 15 is 0 Å². The van der Waals surface area contributed by atoms with Gasteiger partial charge < -0.3 is 30.9 Å². The number of unbranched alkanes of at least 4 members (excludes halogenated alkanes) is 9. The Hall–Kier alpha value is -2.08. The normalized spacial score (nSPS) is 24.5. The fourth-order valence-electron chi connectivity index (χ4n) is 4.32. The molecule has 1 fully saturated rings. The van der Waals surface area contributed by atoms with Crippen LogP contribution in [0.3, 0.4) is 0 Å². The van der Waals surface area contributed by atoms with Gasteiger partial charge in [-0.15, -0.1) is 0 Å². The number of urea groups is 1. The minimum absolute atomic E-state index is 0.0572. The third kappa shape index (κ3) is 11.9. The second-order valence-electron chi connectivity index (χ2n) is 9.98. The molecule has 2 rings (SSSR count). The first kappa shape index (κ1) is 33.1. The van der Waals surface area contributed by atoms with E-state index < -0.39 is 36.6 Å². The van der Waals surface area contributed by atoms with Crippen LogP contribution >= 0.6 is 12.2 Å². The van der Waals surface area contributed by atoms with E-state index in [4.69, 9.17) is 27.4 Å². The molecule has 2 amide bonds. The molecule has 222 valence electrons. The number of hydrogen-bond donors (Lipinski definition) is 4. The number of nitrogens with zero attached hydrogens (tertiary/aromatic N) is 1. The summed E-state index contributed by atoms with van der Waals surface area (Å²) in [5.41, 5.74) is 5.54. The summed E-state index contributed by atoms with van der Waals surface area (Å²) >= 11 is 5.11. The van der Waals surface area contributed by atoms with Gasteiger partial charge in [-0.2, -0.15) is 8.78 Å². The minimum Gasteiger partial charge on any atom is -0.468 e. The summed E-state index contributed by atoms with van der Waals surface area (Å²) in [5.74, 6) is -3.70. The number of amides is 2. The zero-order valence-corrected chi connectivity index (χ0v) is 23.9. The maximum absolute atomic E-state index is 14.6. The van der Waals surface area contributed by atoms with Crippen molar-refractivity contribution in [3.8, 4) is 0 Å². The molecule has 39 heavy (non-hydrogen) atoms. The molecule has 5 N–H and O–H groups in total. The lowest BCUT2D eigenvalue weighted by Crippen LogP contribution is -2.57. The number of alkyl halides is 2. The maximum atomic E-state index is 14.6. The Morgan fingerprint density at radius 3 is 2.46 bits per heavy atom. The molecule has 0 aromatic rings. The summed E-state index contributed by atoms with van der Waals surface area (Å²) in [7, 11) is 0. The molecule has 8 nitrogen and oxygen atoms in total. The number of hydrogen-bond acceptors (Lipinski definition) is 6. The molecule has 0 aliphatic carbocycles. The van der Waals surface area contributed by atoms with Crippen LogP contribution in [0.4, 0.5) is 13.6 Å². The largest absolute Gasteiger partial charge is 0.468 e. The molecule has 4 atom stereocenters. The van der Waals surface area contributed by atoms with Crippen molar-refractivity contribution in [2.75, 3.05) is 13.2 Å². The highest BCUT2D eigenvalue weighted by Crippen LogP contribution is 2.38. The van der Waals surface area contributed by atoms with Gasteiger partial charge in [0.25, 0.3) is 5.17 Å². The van der Waals surface area contributed by atoms with Crippen molar-refractivity contribution in [3.05, 3.63) is 36.6 Å². The second kappa shape index (κ2) is 18.3. The van der Waals surface area contributed by atoms with Crippen molar-refractivity contribution in [2.24, 2.45) is 5.73 Å². The van der Waals surface area contributed by atoms with Gasteiger partial charge in [-0.25, -0.2) is 4.79 Å². The number of carbonyl (C=O) groups excluding carboxylic acids is 1. The van der Waals surface area contributed by atoms with E-state index in [0.717, 1.165) is 38.3 Å². The number of nitrogens with one attached hydrogen (secondary N) is 2. The Balaban J connectivity index is 1.49. The SMILES string of the molecule is CCCCCC=CCC=CCCCCCCCCNC(=S)OC[C@H]1O[C@@H](N2C=CC(N)NC2=O)C(F)(F)[C@@H]1O. The molecule has 2 aliphatic rings. The fourth-order valence-corrected chi connectivity index (χ4v) is 4.49. The lowest BCUT2D eigenvalue weighted by atomic mass is 10.1. The zero-order valence-electron chi connectivity index (χ0n) is 23.0. The van der Waals surface area contributed by atoms with Gasteiger partial charge in [-0.05, 0) is 56.8 Å². The Kier molecular flexibility index (Phi) is 15.5. The highest BCUT2D eigenvalue weighted by molar-refractivity contribution is 7.80. The Labute approximate surface area is 237 Å². The molecule has 2 heterocycles. The van der Waals surface area contributed by atoms with Gasteiger partial charge in [0.05, 0.1) is 6.17 Å². The van der Waals surface area contributed by atoms with Gasteiger partial charge in [-0.1, -0.05) is 69.8 Å². The average Bonchev–Trinajstić information content (AvgIpc) is 3.12. The van der Waals surface area contributed by atoms with Crippen LogP contribution in [0.2, 0.25) is 0 Å². The van der Waals surface area contributed by atoms with Crippen LogP contribution in [0.15, 0.2) is 36.6 Å². The number of allylic oxidation sites excluding steroid dienone is 4. The number of aliphatic hydroxyl groups is 1. The molecule has 0 aromatic carbocycles. The highest BCUT2D eigenvalue weighted by Gasteiger charge is 2.61. The Bertz CT molecular complexity index is 827. The molecule has 0 saturated carbocycles. The van der Waals surface area contributed by atoms with Gasteiger partial charge in [-0.3, -0.25) is 4.90 Å². The van der Waals surface area contributed by atoms with Crippen molar-refractivity contribution in [1.82, 2.24) is 15.5 Å². The van der Waals surface area contributed by atoms with Crippen LogP contribution in [0.25, 0.3) is 0 Å². The van der Waals surface area contributed by atoms with E-state index in [-0.39, 0.29) is 11.8 Å². The third-order valence-corrected chi connectivity index (χ3v) is 6.90. The summed E-state index contributed by atoms with van der Waals surface area (Å²) < 4.78 is 39.8. The predicted molar refractivity (Wildman–Crippen MR) is 153 cm³/mol. The molecule has 1 saturated heterocycles. The number of nitrogens with two attached hydrogens (primary N) is 1. The molecular formula is C28H46F2N4O4S. The summed E-state index contributed by atoms with van der Waals surface area (Å²) in [5, 5.41) is 15.4. The van der Waals surface area contributed by atoms with E-state index in [0.29, 0.717) is 11.4 Å². The first-order valence-corrected chi connectivity index (χ1v) is 14.6. The topological polar surface area (TPSA) is 109 Å².